The Kier molecular flexibility index (Phi) is 6.07. The van der Waals surface area contributed by atoms with Crippen LogP contribution in [0.25, 0.3) is 0 Å². The fraction of sp³-hybridized carbons (Fsp3) is 0.857. The molecule has 0 saturated carbocycles. The van der Waals surface area contributed by atoms with Gasteiger partial charge < -0.3 is 10.2 Å². The number of likely N-dealkylation sites (N-methyl/N-ethyl adjacent to an activating group) is 1. The van der Waals surface area contributed by atoms with Crippen LogP contribution < -0.4 is 5.32 Å². The van der Waals surface area contributed by atoms with Crippen LogP contribution in [0.3, 0.4) is 0 Å². The number of nitrogens with zero attached hydrogens (tertiary/aromatic N) is 1. The van der Waals surface area contributed by atoms with Gasteiger partial charge in [-0.05, 0) is 45.7 Å². The Bertz CT molecular complexity index is 199. The van der Waals surface area contributed by atoms with Crippen molar-refractivity contribution in [1.29, 1.82) is 0 Å². The van der Waals surface area contributed by atoms with E-state index in [2.05, 4.69) is 50.3 Å². The van der Waals surface area contributed by atoms with Gasteiger partial charge in [-0.2, -0.15) is 0 Å². The third-order valence-electron chi connectivity index (χ3n) is 3.05. The van der Waals surface area contributed by atoms with Gasteiger partial charge in [0.05, 0.1) is 0 Å². The summed E-state index contributed by atoms with van der Waals surface area (Å²) < 4.78 is 0. The van der Waals surface area contributed by atoms with E-state index >= 15 is 0 Å². The van der Waals surface area contributed by atoms with E-state index in [1.165, 1.54) is 25.7 Å². The Morgan fingerprint density at radius 2 is 2.12 bits per heavy atom. The number of rotatable bonds is 6. The maximum atomic E-state index is 3.79. The summed E-state index contributed by atoms with van der Waals surface area (Å²) in [6, 6.07) is 1.24. The van der Waals surface area contributed by atoms with Gasteiger partial charge in [-0.1, -0.05) is 26.0 Å². The van der Waals surface area contributed by atoms with Crippen LogP contribution in [-0.4, -0.2) is 37.6 Å². The first-order valence-electron chi connectivity index (χ1n) is 6.65. The van der Waals surface area contributed by atoms with Crippen molar-refractivity contribution < 1.29 is 0 Å². The van der Waals surface area contributed by atoms with Crippen LogP contribution in [0.15, 0.2) is 12.2 Å². The van der Waals surface area contributed by atoms with Crippen LogP contribution in [0.2, 0.25) is 0 Å². The smallest absolute Gasteiger partial charge is 0.0253 e. The monoisotopic (exact) mass is 224 g/mol. The molecule has 1 rings (SSSR count). The standard InChI is InChI=1S/C14H28N2/c1-12(2)10-14(11-16(3)4)15-13-8-6-5-7-9-13/h6,8,12-15H,5,7,9-11H2,1-4H3. The minimum Gasteiger partial charge on any atom is -0.308 e. The fourth-order valence-corrected chi connectivity index (χ4v) is 2.46. The summed E-state index contributed by atoms with van der Waals surface area (Å²) in [5.74, 6) is 0.769. The molecule has 0 amide bonds. The van der Waals surface area contributed by atoms with Gasteiger partial charge in [0.1, 0.15) is 0 Å². The summed E-state index contributed by atoms with van der Waals surface area (Å²) in [5, 5.41) is 3.79. The molecule has 0 aromatic carbocycles. The largest absolute Gasteiger partial charge is 0.308 e. The van der Waals surface area contributed by atoms with E-state index in [-0.39, 0.29) is 0 Å². The average Bonchev–Trinajstić information content (AvgIpc) is 2.16. The van der Waals surface area contributed by atoms with Gasteiger partial charge in [-0.3, -0.25) is 0 Å². The Morgan fingerprint density at radius 1 is 1.38 bits per heavy atom. The Labute approximate surface area is 101 Å². The van der Waals surface area contributed by atoms with E-state index in [1.54, 1.807) is 0 Å². The number of nitrogens with one attached hydrogen (secondary N) is 1. The van der Waals surface area contributed by atoms with E-state index in [1.807, 2.05) is 0 Å². The third-order valence-corrected chi connectivity index (χ3v) is 3.05. The van der Waals surface area contributed by atoms with E-state index in [4.69, 9.17) is 0 Å². The lowest BCUT2D eigenvalue weighted by Crippen LogP contribution is -2.44. The summed E-state index contributed by atoms with van der Waals surface area (Å²) in [6.45, 7) is 5.75. The normalized spacial score (nSPS) is 23.0. The predicted molar refractivity (Wildman–Crippen MR) is 71.7 cm³/mol. The highest BCUT2D eigenvalue weighted by atomic mass is 15.1. The highest BCUT2D eigenvalue weighted by Crippen LogP contribution is 2.13. The molecule has 2 nitrogen and oxygen atoms in total. The molecule has 0 radical (unpaired) electrons. The number of hydrogen-bond acceptors (Lipinski definition) is 2. The van der Waals surface area contributed by atoms with Crippen LogP contribution in [0, 0.1) is 5.92 Å². The predicted octanol–water partition coefficient (Wildman–Crippen LogP) is 2.66. The zero-order valence-electron chi connectivity index (χ0n) is 11.4. The first-order chi connectivity index (χ1) is 7.58. The van der Waals surface area contributed by atoms with Crippen molar-refractivity contribution in [2.75, 3.05) is 20.6 Å². The van der Waals surface area contributed by atoms with Crippen LogP contribution in [0.5, 0.6) is 0 Å². The molecule has 16 heavy (non-hydrogen) atoms. The molecular weight excluding hydrogens is 196 g/mol. The highest BCUT2D eigenvalue weighted by molar-refractivity contribution is 4.98. The molecule has 0 spiro atoms. The van der Waals surface area contributed by atoms with Crippen molar-refractivity contribution in [3.05, 3.63) is 12.2 Å². The Hall–Kier alpha value is -0.340. The highest BCUT2D eigenvalue weighted by Gasteiger charge is 2.16. The first kappa shape index (κ1) is 13.7. The second kappa shape index (κ2) is 7.08. The second-order valence-electron chi connectivity index (χ2n) is 5.72. The Balaban J connectivity index is 2.41. The van der Waals surface area contributed by atoms with Crippen molar-refractivity contribution in [2.45, 2.75) is 51.6 Å². The van der Waals surface area contributed by atoms with Crippen LogP contribution in [0.4, 0.5) is 0 Å². The van der Waals surface area contributed by atoms with Gasteiger partial charge in [-0.15, -0.1) is 0 Å². The average molecular weight is 224 g/mol. The van der Waals surface area contributed by atoms with E-state index < -0.39 is 0 Å². The topological polar surface area (TPSA) is 15.3 Å². The van der Waals surface area contributed by atoms with Crippen molar-refractivity contribution in [3.8, 4) is 0 Å². The minimum atomic E-state index is 0.609. The van der Waals surface area contributed by atoms with E-state index in [9.17, 15) is 0 Å². The molecule has 1 aliphatic rings. The molecule has 2 atom stereocenters. The molecule has 0 aromatic rings. The lowest BCUT2D eigenvalue weighted by Gasteiger charge is -2.29. The molecule has 0 aromatic heterocycles. The molecule has 2 heteroatoms. The molecule has 1 aliphatic carbocycles. The fourth-order valence-electron chi connectivity index (χ4n) is 2.46. The van der Waals surface area contributed by atoms with E-state index in [0.29, 0.717) is 12.1 Å². The van der Waals surface area contributed by atoms with Gasteiger partial charge >= 0.3 is 0 Å². The maximum Gasteiger partial charge on any atom is 0.0253 e. The summed E-state index contributed by atoms with van der Waals surface area (Å²) in [7, 11) is 4.32. The van der Waals surface area contributed by atoms with Crippen molar-refractivity contribution >= 4 is 0 Å². The SMILES string of the molecule is CC(C)CC(CN(C)C)NC1C=CCCC1. The molecule has 0 fully saturated rings. The second-order valence-corrected chi connectivity index (χ2v) is 5.72. The Morgan fingerprint density at radius 3 is 2.62 bits per heavy atom. The number of allylic oxidation sites excluding steroid dienone is 1. The number of hydrogen-bond donors (Lipinski definition) is 1. The molecule has 2 unspecified atom stereocenters. The minimum absolute atomic E-state index is 0.609. The van der Waals surface area contributed by atoms with Gasteiger partial charge in [0, 0.05) is 18.6 Å². The summed E-state index contributed by atoms with van der Waals surface area (Å²) in [5.41, 5.74) is 0. The van der Waals surface area contributed by atoms with Crippen molar-refractivity contribution in [2.24, 2.45) is 5.92 Å². The summed E-state index contributed by atoms with van der Waals surface area (Å²) >= 11 is 0. The lowest BCUT2D eigenvalue weighted by molar-refractivity contribution is 0.290. The molecule has 1 N–H and O–H groups in total. The van der Waals surface area contributed by atoms with Gasteiger partial charge in [0.25, 0.3) is 0 Å². The zero-order chi connectivity index (χ0) is 12.0. The molecule has 94 valence electrons. The third kappa shape index (κ3) is 5.66. The summed E-state index contributed by atoms with van der Waals surface area (Å²) in [6.07, 6.45) is 9.85. The van der Waals surface area contributed by atoms with Crippen LogP contribution in [0.1, 0.15) is 39.5 Å². The quantitative estimate of drug-likeness (QED) is 0.698. The summed E-state index contributed by atoms with van der Waals surface area (Å²) in [4.78, 5) is 2.28. The van der Waals surface area contributed by atoms with E-state index in [0.717, 1.165) is 12.5 Å². The molecule has 0 bridgehead atoms. The molecule has 0 heterocycles. The van der Waals surface area contributed by atoms with Gasteiger partial charge in [0.2, 0.25) is 0 Å². The van der Waals surface area contributed by atoms with Crippen LogP contribution in [-0.2, 0) is 0 Å². The van der Waals surface area contributed by atoms with Crippen LogP contribution >= 0.6 is 0 Å². The van der Waals surface area contributed by atoms with Gasteiger partial charge in [-0.25, -0.2) is 0 Å². The molecular formula is C14H28N2. The maximum absolute atomic E-state index is 3.79. The first-order valence-corrected chi connectivity index (χ1v) is 6.65. The molecule has 0 aliphatic heterocycles. The lowest BCUT2D eigenvalue weighted by atomic mass is 9.98. The van der Waals surface area contributed by atoms with Crippen molar-refractivity contribution in [3.63, 3.8) is 0 Å². The molecule has 0 saturated heterocycles. The van der Waals surface area contributed by atoms with Gasteiger partial charge in [0.15, 0.2) is 0 Å². The van der Waals surface area contributed by atoms with Crippen molar-refractivity contribution in [1.82, 2.24) is 10.2 Å². The zero-order valence-corrected chi connectivity index (χ0v) is 11.4.